The molecular formula is C19H29NO. The van der Waals surface area contributed by atoms with E-state index in [0.29, 0.717) is 5.41 Å². The van der Waals surface area contributed by atoms with Crippen LogP contribution in [0.4, 0.5) is 0 Å². The molecule has 0 saturated heterocycles. The smallest absolute Gasteiger partial charge is 0.0596 e. The SMILES string of the molecule is CC12CCC3C(CCC4=CC(=N)CC[C@@]43C)C1CCC2O. The van der Waals surface area contributed by atoms with E-state index in [1.54, 1.807) is 5.57 Å². The molecule has 4 rings (SSSR count). The Labute approximate surface area is 128 Å². The van der Waals surface area contributed by atoms with Gasteiger partial charge in [-0.25, -0.2) is 0 Å². The lowest BCUT2D eigenvalue weighted by Crippen LogP contribution is -2.51. The van der Waals surface area contributed by atoms with Crippen LogP contribution in [-0.2, 0) is 0 Å². The zero-order valence-corrected chi connectivity index (χ0v) is 13.5. The Kier molecular flexibility index (Phi) is 2.96. The second-order valence-corrected chi connectivity index (χ2v) is 8.67. The quantitative estimate of drug-likeness (QED) is 0.684. The first-order valence-electron chi connectivity index (χ1n) is 8.92. The normalized spacial score (nSPS) is 52.7. The van der Waals surface area contributed by atoms with Crippen LogP contribution >= 0.6 is 0 Å². The van der Waals surface area contributed by atoms with Gasteiger partial charge in [0.2, 0.25) is 0 Å². The van der Waals surface area contributed by atoms with E-state index in [-0.39, 0.29) is 11.5 Å². The number of hydrogen-bond donors (Lipinski definition) is 2. The molecule has 6 atom stereocenters. The summed E-state index contributed by atoms with van der Waals surface area (Å²) < 4.78 is 0. The summed E-state index contributed by atoms with van der Waals surface area (Å²) in [6.07, 6.45) is 11.5. The monoisotopic (exact) mass is 287 g/mol. The highest BCUT2D eigenvalue weighted by Crippen LogP contribution is 2.65. The maximum Gasteiger partial charge on any atom is 0.0596 e. The summed E-state index contributed by atoms with van der Waals surface area (Å²) in [6, 6.07) is 0. The molecule has 0 amide bonds. The van der Waals surface area contributed by atoms with Gasteiger partial charge in [0.15, 0.2) is 0 Å². The minimum atomic E-state index is -0.0623. The Morgan fingerprint density at radius 1 is 1.05 bits per heavy atom. The lowest BCUT2D eigenvalue weighted by molar-refractivity contribution is -0.0721. The highest BCUT2D eigenvalue weighted by Gasteiger charge is 2.58. The second kappa shape index (κ2) is 4.44. The summed E-state index contributed by atoms with van der Waals surface area (Å²) >= 11 is 0. The zero-order valence-electron chi connectivity index (χ0n) is 13.5. The van der Waals surface area contributed by atoms with Gasteiger partial charge in [-0.05, 0) is 86.0 Å². The molecule has 0 spiro atoms. The van der Waals surface area contributed by atoms with Crippen molar-refractivity contribution in [1.29, 1.82) is 5.41 Å². The van der Waals surface area contributed by atoms with E-state index in [4.69, 9.17) is 5.41 Å². The Hall–Kier alpha value is -0.630. The van der Waals surface area contributed by atoms with Gasteiger partial charge in [-0.1, -0.05) is 19.4 Å². The highest BCUT2D eigenvalue weighted by atomic mass is 16.3. The first kappa shape index (κ1) is 14.0. The van der Waals surface area contributed by atoms with E-state index in [0.717, 1.165) is 36.3 Å². The van der Waals surface area contributed by atoms with Gasteiger partial charge < -0.3 is 10.5 Å². The molecule has 2 N–H and O–H groups in total. The van der Waals surface area contributed by atoms with Gasteiger partial charge in [-0.2, -0.15) is 0 Å². The molecule has 116 valence electrons. The van der Waals surface area contributed by atoms with Crippen LogP contribution in [0.25, 0.3) is 0 Å². The van der Waals surface area contributed by atoms with E-state index >= 15 is 0 Å². The first-order valence-corrected chi connectivity index (χ1v) is 8.92. The van der Waals surface area contributed by atoms with Crippen molar-refractivity contribution in [1.82, 2.24) is 0 Å². The van der Waals surface area contributed by atoms with Crippen LogP contribution in [0.15, 0.2) is 11.6 Å². The average molecular weight is 287 g/mol. The van der Waals surface area contributed by atoms with Crippen molar-refractivity contribution >= 4 is 5.71 Å². The van der Waals surface area contributed by atoms with Crippen molar-refractivity contribution in [2.24, 2.45) is 28.6 Å². The molecule has 2 nitrogen and oxygen atoms in total. The molecular weight excluding hydrogens is 258 g/mol. The summed E-state index contributed by atoms with van der Waals surface area (Å²) in [7, 11) is 0. The predicted octanol–water partition coefficient (Wildman–Crippen LogP) is 4.33. The van der Waals surface area contributed by atoms with Crippen molar-refractivity contribution in [2.45, 2.75) is 71.3 Å². The molecule has 0 aromatic heterocycles. The maximum absolute atomic E-state index is 10.5. The molecule has 0 aliphatic heterocycles. The summed E-state index contributed by atoms with van der Waals surface area (Å²) in [5.41, 5.74) is 2.96. The van der Waals surface area contributed by atoms with Gasteiger partial charge in [-0.3, -0.25) is 0 Å². The molecule has 4 aliphatic carbocycles. The van der Waals surface area contributed by atoms with Gasteiger partial charge >= 0.3 is 0 Å². The summed E-state index contributed by atoms with van der Waals surface area (Å²) in [4.78, 5) is 0. The largest absolute Gasteiger partial charge is 0.393 e. The molecule has 2 heteroatoms. The van der Waals surface area contributed by atoms with E-state index in [1.165, 1.54) is 38.5 Å². The molecule has 3 fully saturated rings. The fourth-order valence-corrected chi connectivity index (χ4v) is 6.56. The molecule has 4 aliphatic rings. The minimum absolute atomic E-state index is 0.0623. The molecule has 3 saturated carbocycles. The van der Waals surface area contributed by atoms with E-state index in [2.05, 4.69) is 19.9 Å². The van der Waals surface area contributed by atoms with Crippen molar-refractivity contribution in [3.8, 4) is 0 Å². The van der Waals surface area contributed by atoms with Gasteiger partial charge in [0.25, 0.3) is 0 Å². The number of rotatable bonds is 0. The molecule has 0 heterocycles. The van der Waals surface area contributed by atoms with Crippen LogP contribution in [-0.4, -0.2) is 16.9 Å². The van der Waals surface area contributed by atoms with Crippen LogP contribution in [0.3, 0.4) is 0 Å². The standard InChI is InChI=1S/C19H29NO/c1-18-9-7-13(20)11-12(18)3-4-14-15-5-6-17(21)19(15,2)10-8-16(14)18/h11,14-17,20-21H,3-10H2,1-2H3/t14?,15?,16?,17?,18-,19?/m0/s1. The lowest BCUT2D eigenvalue weighted by Gasteiger charge is -2.57. The van der Waals surface area contributed by atoms with Crippen molar-refractivity contribution in [3.05, 3.63) is 11.6 Å². The van der Waals surface area contributed by atoms with Crippen LogP contribution in [0.5, 0.6) is 0 Å². The zero-order chi connectivity index (χ0) is 14.8. The molecule has 0 bridgehead atoms. The molecule has 5 unspecified atom stereocenters. The van der Waals surface area contributed by atoms with Gasteiger partial charge in [0.05, 0.1) is 6.10 Å². The first-order chi connectivity index (χ1) is 9.95. The Morgan fingerprint density at radius 3 is 2.67 bits per heavy atom. The number of allylic oxidation sites excluding steroid dienone is 2. The fraction of sp³-hybridized carbons (Fsp3) is 0.842. The van der Waals surface area contributed by atoms with Gasteiger partial charge in [-0.15, -0.1) is 0 Å². The molecule has 0 radical (unpaired) electrons. The number of fused-ring (bicyclic) bond motifs is 5. The Balaban J connectivity index is 1.69. The van der Waals surface area contributed by atoms with Crippen LogP contribution in [0, 0.1) is 34.0 Å². The summed E-state index contributed by atoms with van der Waals surface area (Å²) in [6.45, 7) is 4.84. The van der Waals surface area contributed by atoms with Crippen LogP contribution in [0.1, 0.15) is 65.2 Å². The lowest BCUT2D eigenvalue weighted by atomic mass is 9.47. The highest BCUT2D eigenvalue weighted by molar-refractivity contribution is 5.94. The minimum Gasteiger partial charge on any atom is -0.393 e. The van der Waals surface area contributed by atoms with Crippen molar-refractivity contribution in [3.63, 3.8) is 0 Å². The fourth-order valence-electron chi connectivity index (χ4n) is 6.56. The Morgan fingerprint density at radius 2 is 1.86 bits per heavy atom. The van der Waals surface area contributed by atoms with E-state index in [9.17, 15) is 5.11 Å². The molecule has 0 aromatic rings. The summed E-state index contributed by atoms with van der Waals surface area (Å²) in [5.74, 6) is 2.36. The number of aliphatic hydroxyl groups is 1. The average Bonchev–Trinajstić information content (AvgIpc) is 2.76. The number of hydrogen-bond acceptors (Lipinski definition) is 2. The molecule has 0 aromatic carbocycles. The third-order valence-corrected chi connectivity index (χ3v) is 7.95. The third kappa shape index (κ3) is 1.78. The van der Waals surface area contributed by atoms with Gasteiger partial charge in [0.1, 0.15) is 0 Å². The third-order valence-electron chi connectivity index (χ3n) is 7.95. The Bertz CT molecular complexity index is 510. The summed E-state index contributed by atoms with van der Waals surface area (Å²) in [5, 5.41) is 18.5. The number of aliphatic hydroxyl groups excluding tert-OH is 1. The number of nitrogens with one attached hydrogen (secondary N) is 1. The predicted molar refractivity (Wildman–Crippen MR) is 85.4 cm³/mol. The van der Waals surface area contributed by atoms with Gasteiger partial charge in [0, 0.05) is 5.71 Å². The topological polar surface area (TPSA) is 44.1 Å². The van der Waals surface area contributed by atoms with Crippen molar-refractivity contribution < 1.29 is 5.11 Å². The van der Waals surface area contributed by atoms with E-state index < -0.39 is 0 Å². The maximum atomic E-state index is 10.5. The molecule has 21 heavy (non-hydrogen) atoms. The van der Waals surface area contributed by atoms with Crippen LogP contribution in [0.2, 0.25) is 0 Å². The van der Waals surface area contributed by atoms with Crippen LogP contribution < -0.4 is 0 Å². The van der Waals surface area contributed by atoms with E-state index in [1.807, 2.05) is 0 Å². The second-order valence-electron chi connectivity index (χ2n) is 8.67. The van der Waals surface area contributed by atoms with Crippen molar-refractivity contribution in [2.75, 3.05) is 0 Å².